The van der Waals surface area contributed by atoms with Crippen molar-refractivity contribution < 1.29 is 17.9 Å². The van der Waals surface area contributed by atoms with E-state index < -0.39 is 15.9 Å². The molecule has 1 N–H and O–H groups in total. The van der Waals surface area contributed by atoms with Crippen LogP contribution in [0.5, 0.6) is 5.75 Å². The molecule has 0 aromatic heterocycles. The first kappa shape index (κ1) is 21.2. The van der Waals surface area contributed by atoms with Crippen molar-refractivity contribution in [2.45, 2.75) is 25.7 Å². The first-order chi connectivity index (χ1) is 12.7. The highest BCUT2D eigenvalue weighted by atomic mass is 35.5. The van der Waals surface area contributed by atoms with Crippen LogP contribution in [0.15, 0.2) is 41.3 Å². The molecule has 0 aliphatic heterocycles. The summed E-state index contributed by atoms with van der Waals surface area (Å²) < 4.78 is 32.3. The second kappa shape index (κ2) is 8.73. The number of anilines is 1. The van der Waals surface area contributed by atoms with Crippen LogP contribution in [0.25, 0.3) is 0 Å². The van der Waals surface area contributed by atoms with Crippen LogP contribution in [0.3, 0.4) is 0 Å². The average molecular weight is 411 g/mol. The van der Waals surface area contributed by atoms with Crippen molar-refractivity contribution in [3.05, 3.63) is 52.5 Å². The molecule has 0 aliphatic rings. The first-order valence-corrected chi connectivity index (χ1v) is 10.2. The average Bonchev–Trinajstić information content (AvgIpc) is 2.61. The number of rotatable bonds is 7. The van der Waals surface area contributed by atoms with Gasteiger partial charge >= 0.3 is 0 Å². The molecule has 0 saturated heterocycles. The van der Waals surface area contributed by atoms with Crippen molar-refractivity contribution in [2.24, 2.45) is 0 Å². The minimum Gasteiger partial charge on any atom is -0.495 e. The van der Waals surface area contributed by atoms with E-state index in [0.29, 0.717) is 22.0 Å². The zero-order valence-corrected chi connectivity index (χ0v) is 17.3. The molecule has 0 spiro atoms. The summed E-state index contributed by atoms with van der Waals surface area (Å²) in [4.78, 5) is 12.7. The van der Waals surface area contributed by atoms with E-state index in [-0.39, 0.29) is 18.0 Å². The maximum atomic E-state index is 13.0. The number of nitrogens with zero attached hydrogens (tertiary/aromatic N) is 1. The lowest BCUT2D eigenvalue weighted by molar-refractivity contribution is -0.116. The van der Waals surface area contributed by atoms with Gasteiger partial charge in [0, 0.05) is 11.6 Å². The number of carbonyl (C=O) groups is 1. The summed E-state index contributed by atoms with van der Waals surface area (Å²) in [5.74, 6) is -0.0421. The van der Waals surface area contributed by atoms with Crippen molar-refractivity contribution in [3.63, 3.8) is 0 Å². The Morgan fingerprint density at radius 2 is 1.89 bits per heavy atom. The quantitative estimate of drug-likeness (QED) is 0.756. The van der Waals surface area contributed by atoms with Gasteiger partial charge in [-0.05, 0) is 49.2 Å². The molecule has 2 aromatic carbocycles. The molecule has 0 saturated carbocycles. The van der Waals surface area contributed by atoms with Crippen LogP contribution in [0, 0.1) is 13.8 Å². The van der Waals surface area contributed by atoms with Gasteiger partial charge in [-0.3, -0.25) is 4.79 Å². The Morgan fingerprint density at radius 3 is 2.52 bits per heavy atom. The monoisotopic (exact) mass is 410 g/mol. The predicted molar refractivity (Wildman–Crippen MR) is 107 cm³/mol. The minimum absolute atomic E-state index is 0.163. The standard InChI is InChI=1S/C19H23ClN2O4S/c1-5-22(27(24,25)18-10-13(2)6-7-14(18)3)12-19(23)21-16-11-15(20)8-9-17(16)26-4/h6-11H,5,12H2,1-4H3,(H,21,23). The summed E-state index contributed by atoms with van der Waals surface area (Å²) in [7, 11) is -2.33. The largest absolute Gasteiger partial charge is 0.495 e. The van der Waals surface area contributed by atoms with Gasteiger partial charge < -0.3 is 10.1 Å². The fourth-order valence-corrected chi connectivity index (χ4v) is 4.51. The number of sulfonamides is 1. The zero-order valence-electron chi connectivity index (χ0n) is 15.7. The number of carbonyl (C=O) groups excluding carboxylic acids is 1. The Balaban J connectivity index is 2.25. The Hall–Kier alpha value is -2.09. The van der Waals surface area contributed by atoms with Gasteiger partial charge in [0.25, 0.3) is 0 Å². The topological polar surface area (TPSA) is 75.7 Å². The van der Waals surface area contributed by atoms with E-state index in [0.717, 1.165) is 9.87 Å². The lowest BCUT2D eigenvalue weighted by Gasteiger charge is -2.21. The van der Waals surface area contributed by atoms with E-state index in [1.165, 1.54) is 7.11 Å². The van der Waals surface area contributed by atoms with E-state index in [1.54, 1.807) is 44.2 Å². The Morgan fingerprint density at radius 1 is 1.19 bits per heavy atom. The van der Waals surface area contributed by atoms with E-state index >= 15 is 0 Å². The van der Waals surface area contributed by atoms with Gasteiger partial charge in [-0.2, -0.15) is 4.31 Å². The molecule has 0 aliphatic carbocycles. The van der Waals surface area contributed by atoms with Gasteiger partial charge in [0.05, 0.1) is 24.2 Å². The van der Waals surface area contributed by atoms with Gasteiger partial charge in [-0.25, -0.2) is 8.42 Å². The number of hydrogen-bond acceptors (Lipinski definition) is 4. The Kier molecular flexibility index (Phi) is 6.86. The Bertz CT molecular complexity index is 945. The smallest absolute Gasteiger partial charge is 0.243 e. The summed E-state index contributed by atoms with van der Waals surface area (Å²) in [6, 6.07) is 10.0. The molecule has 27 heavy (non-hydrogen) atoms. The molecular weight excluding hydrogens is 388 g/mol. The van der Waals surface area contributed by atoms with E-state index in [1.807, 2.05) is 13.0 Å². The van der Waals surface area contributed by atoms with E-state index in [4.69, 9.17) is 16.3 Å². The molecule has 0 heterocycles. The number of ether oxygens (including phenoxy) is 1. The molecule has 0 fully saturated rings. The highest BCUT2D eigenvalue weighted by molar-refractivity contribution is 7.89. The number of halogens is 1. The third-order valence-electron chi connectivity index (χ3n) is 4.07. The summed E-state index contributed by atoms with van der Waals surface area (Å²) in [5, 5.41) is 3.09. The molecule has 2 rings (SSSR count). The summed E-state index contributed by atoms with van der Waals surface area (Å²) in [6.45, 7) is 5.09. The molecule has 8 heteroatoms. The maximum absolute atomic E-state index is 13.0. The van der Waals surface area contributed by atoms with Crippen LogP contribution in [0.2, 0.25) is 5.02 Å². The molecular formula is C19H23ClN2O4S. The van der Waals surface area contributed by atoms with Crippen LogP contribution in [0.1, 0.15) is 18.1 Å². The first-order valence-electron chi connectivity index (χ1n) is 8.39. The van der Waals surface area contributed by atoms with Gasteiger partial charge in [0.2, 0.25) is 15.9 Å². The SMILES string of the molecule is CCN(CC(=O)Nc1cc(Cl)ccc1OC)S(=O)(=O)c1cc(C)ccc1C. The highest BCUT2D eigenvalue weighted by Gasteiger charge is 2.27. The van der Waals surface area contributed by atoms with Crippen LogP contribution >= 0.6 is 11.6 Å². The van der Waals surface area contributed by atoms with Gasteiger partial charge in [-0.1, -0.05) is 30.7 Å². The predicted octanol–water partition coefficient (Wildman–Crippen LogP) is 3.61. The summed E-state index contributed by atoms with van der Waals surface area (Å²) in [6.07, 6.45) is 0. The lowest BCUT2D eigenvalue weighted by Crippen LogP contribution is -2.38. The lowest BCUT2D eigenvalue weighted by atomic mass is 10.2. The van der Waals surface area contributed by atoms with Crippen LogP contribution < -0.4 is 10.1 Å². The van der Waals surface area contributed by atoms with Crippen molar-refractivity contribution in [3.8, 4) is 5.75 Å². The number of likely N-dealkylation sites (N-methyl/N-ethyl adjacent to an activating group) is 1. The molecule has 0 unspecified atom stereocenters. The van der Waals surface area contributed by atoms with Crippen molar-refractivity contribution >= 4 is 33.2 Å². The fourth-order valence-electron chi connectivity index (χ4n) is 2.62. The minimum atomic E-state index is -3.80. The molecule has 0 radical (unpaired) electrons. The zero-order chi connectivity index (χ0) is 20.2. The van der Waals surface area contributed by atoms with Crippen molar-refractivity contribution in [2.75, 3.05) is 25.5 Å². The van der Waals surface area contributed by atoms with Gasteiger partial charge in [0.15, 0.2) is 0 Å². The summed E-state index contributed by atoms with van der Waals surface area (Å²) >= 11 is 5.96. The molecule has 1 amide bonds. The van der Waals surface area contributed by atoms with Crippen molar-refractivity contribution in [1.29, 1.82) is 0 Å². The molecule has 6 nitrogen and oxygen atoms in total. The van der Waals surface area contributed by atoms with E-state index in [2.05, 4.69) is 5.32 Å². The number of amides is 1. The Labute approximate surface area is 165 Å². The molecule has 0 atom stereocenters. The van der Waals surface area contributed by atoms with Crippen LogP contribution in [-0.4, -0.2) is 38.8 Å². The molecule has 146 valence electrons. The normalized spacial score (nSPS) is 11.5. The fraction of sp³-hybridized carbons (Fsp3) is 0.316. The van der Waals surface area contributed by atoms with Gasteiger partial charge in [-0.15, -0.1) is 0 Å². The third kappa shape index (κ3) is 5.00. The number of benzene rings is 2. The maximum Gasteiger partial charge on any atom is 0.243 e. The second-order valence-electron chi connectivity index (χ2n) is 6.09. The number of aryl methyl sites for hydroxylation is 2. The highest BCUT2D eigenvalue weighted by Crippen LogP contribution is 2.28. The third-order valence-corrected chi connectivity index (χ3v) is 6.37. The van der Waals surface area contributed by atoms with Gasteiger partial charge in [0.1, 0.15) is 5.75 Å². The van der Waals surface area contributed by atoms with E-state index in [9.17, 15) is 13.2 Å². The van der Waals surface area contributed by atoms with Crippen LogP contribution in [0.4, 0.5) is 5.69 Å². The number of methoxy groups -OCH3 is 1. The van der Waals surface area contributed by atoms with Crippen molar-refractivity contribution in [1.82, 2.24) is 4.31 Å². The molecule has 2 aromatic rings. The number of nitrogens with one attached hydrogen (secondary N) is 1. The molecule has 0 bridgehead atoms. The summed E-state index contributed by atoms with van der Waals surface area (Å²) in [5.41, 5.74) is 1.86. The second-order valence-corrected chi connectivity index (χ2v) is 8.44. The number of hydrogen-bond donors (Lipinski definition) is 1. The van der Waals surface area contributed by atoms with Crippen LogP contribution in [-0.2, 0) is 14.8 Å².